The van der Waals surface area contributed by atoms with Gasteiger partial charge in [-0.25, -0.2) is 42.5 Å². The third-order valence-corrected chi connectivity index (χ3v) is 19.0. The fourth-order valence-electron chi connectivity index (χ4n) is 10.8. The molecule has 0 radical (unpaired) electrons. The minimum Gasteiger partial charge on any atom is -0.508 e. The van der Waals surface area contributed by atoms with Gasteiger partial charge in [-0.1, -0.05) is 77.1 Å². The van der Waals surface area contributed by atoms with Gasteiger partial charge in [-0.05, 0) is 215 Å². The molecule has 5 heterocycles. The fraction of sp³-hybridized carbons (Fsp3) is 0.163. The zero-order chi connectivity index (χ0) is 81.1. The summed E-state index contributed by atoms with van der Waals surface area (Å²) in [5.74, 6) is 1.97. The first kappa shape index (κ1) is 87.9. The zero-order valence-corrected chi connectivity index (χ0v) is 65.9. The van der Waals surface area contributed by atoms with Gasteiger partial charge in [0, 0.05) is 110 Å². The molecule has 12 aromatic rings. The Bertz CT molecular complexity index is 5030. The predicted octanol–water partition coefficient (Wildman–Crippen LogP) is 14.9. The van der Waals surface area contributed by atoms with Gasteiger partial charge in [0.1, 0.15) is 92.6 Å². The van der Waals surface area contributed by atoms with Crippen LogP contribution < -0.4 is 53.8 Å². The van der Waals surface area contributed by atoms with Crippen LogP contribution in [0.1, 0.15) is 62.4 Å². The maximum Gasteiger partial charge on any atom is 0.491 e. The minimum absolute atomic E-state index is 0.115. The summed E-state index contributed by atoms with van der Waals surface area (Å²) in [5, 5.41) is 71.6. The fourth-order valence-corrected chi connectivity index (χ4v) is 12.8. The highest BCUT2D eigenvalue weighted by Gasteiger charge is 2.22. The summed E-state index contributed by atoms with van der Waals surface area (Å²) in [6, 6.07) is 40.3. The second kappa shape index (κ2) is 42.7. The monoisotopic (exact) mass is 1690 g/mol. The highest BCUT2D eigenvalue weighted by Crippen LogP contribution is 2.41. The van der Waals surface area contributed by atoms with Crippen LogP contribution in [0.15, 0.2) is 202 Å². The topological polar surface area (TPSA) is 384 Å². The lowest BCUT2D eigenvalue weighted by Crippen LogP contribution is -2.32. The van der Waals surface area contributed by atoms with E-state index >= 15 is 0 Å². The lowest BCUT2D eigenvalue weighted by atomic mass is 9.80. The van der Waals surface area contributed by atoms with E-state index in [9.17, 15) is 32.9 Å². The first-order valence-electron chi connectivity index (χ1n) is 33.8. The van der Waals surface area contributed by atoms with Crippen LogP contribution in [0.25, 0.3) is 55.6 Å². The largest absolute Gasteiger partial charge is 0.508 e. The van der Waals surface area contributed by atoms with Crippen LogP contribution in [-0.2, 0) is 32.1 Å². The van der Waals surface area contributed by atoms with Crippen molar-refractivity contribution in [1.82, 2.24) is 24.9 Å². The lowest BCUT2D eigenvalue weighted by molar-refractivity contribution is 0.409. The van der Waals surface area contributed by atoms with Crippen LogP contribution in [0, 0.1) is 23.3 Å². The Hall–Kier alpha value is -11.0. The van der Waals surface area contributed by atoms with Gasteiger partial charge in [0.15, 0.2) is 0 Å². The van der Waals surface area contributed by atoms with E-state index in [0.29, 0.717) is 92.5 Å². The number of ether oxygens (including phenoxy) is 3. The second-order valence-electron chi connectivity index (χ2n) is 23.5. The van der Waals surface area contributed by atoms with E-state index in [4.69, 9.17) is 68.1 Å². The number of hydrogen-bond donors (Lipinski definition) is 13. The molecular weight excluding hydrogens is 1610 g/mol. The Morgan fingerprint density at radius 3 is 1.08 bits per heavy atom. The van der Waals surface area contributed by atoms with Crippen molar-refractivity contribution in [1.29, 1.82) is 0 Å². The molecule has 21 nitrogen and oxygen atoms in total. The predicted molar refractivity (Wildman–Crippen MR) is 439 cm³/mol. The molecule has 0 aliphatic rings. The smallest absolute Gasteiger partial charge is 0.491 e. The molecule has 18 N–H and O–H groups in total. The van der Waals surface area contributed by atoms with Crippen molar-refractivity contribution in [2.75, 3.05) is 50.0 Å². The van der Waals surface area contributed by atoms with Crippen LogP contribution in [0.2, 0.25) is 0 Å². The molecule has 0 spiro atoms. The van der Waals surface area contributed by atoms with E-state index < -0.39 is 25.9 Å². The van der Waals surface area contributed by atoms with Crippen LogP contribution in [0.5, 0.6) is 40.2 Å². The lowest BCUT2D eigenvalue weighted by Gasteiger charge is -2.16. The number of phenolic OH excluding ortho intramolecular Hbond substituents is 4. The summed E-state index contributed by atoms with van der Waals surface area (Å²) in [6.45, 7) is 10.1. The van der Waals surface area contributed by atoms with Gasteiger partial charge in [-0.3, -0.25) is 0 Å². The Kier molecular flexibility index (Phi) is 34.1. The first-order valence-corrected chi connectivity index (χ1v) is 36.2. The van der Waals surface area contributed by atoms with Gasteiger partial charge in [0.05, 0.1) is 30.3 Å². The average Bonchev–Trinajstić information content (AvgIpc) is 0.784. The number of aromatic nitrogens is 5. The van der Waals surface area contributed by atoms with E-state index in [0.717, 1.165) is 94.9 Å². The number of benzene rings is 7. The van der Waals surface area contributed by atoms with E-state index in [1.807, 2.05) is 32.9 Å². The van der Waals surface area contributed by atoms with Gasteiger partial charge in [-0.2, -0.15) is 0 Å². The molecule has 0 aliphatic heterocycles. The summed E-state index contributed by atoms with van der Waals surface area (Å²) in [7, 11) is 1.17. The molecule has 5 aromatic heterocycles. The molecular formula is C80H83B2Br3F4N10O11. The van der Waals surface area contributed by atoms with Crippen LogP contribution >= 0.6 is 47.8 Å². The number of nitrogens with two attached hydrogens (primary N) is 5. The summed E-state index contributed by atoms with van der Waals surface area (Å²) >= 11 is 10.2. The number of methoxy groups -OCH3 is 3. The van der Waals surface area contributed by atoms with Crippen molar-refractivity contribution in [3.05, 3.63) is 253 Å². The minimum atomic E-state index is -1.78. The number of nitrogens with zero attached hydrogens (tertiary/aromatic N) is 5. The molecule has 574 valence electrons. The highest BCUT2D eigenvalue weighted by atomic mass is 79.9. The summed E-state index contributed by atoms with van der Waals surface area (Å²) in [4.78, 5) is 20.4. The molecule has 0 fully saturated rings. The van der Waals surface area contributed by atoms with Crippen molar-refractivity contribution < 1.29 is 72.3 Å². The van der Waals surface area contributed by atoms with E-state index in [1.165, 1.54) is 87.6 Å². The maximum absolute atomic E-state index is 14.6. The third kappa shape index (κ3) is 24.0. The number of aryl methyl sites for hydroxylation is 1. The number of halogens is 7. The number of anilines is 5. The normalized spacial score (nSPS) is 10.3. The molecule has 0 bridgehead atoms. The van der Waals surface area contributed by atoms with Gasteiger partial charge in [0.2, 0.25) is 0 Å². The molecule has 0 amide bonds. The summed E-state index contributed by atoms with van der Waals surface area (Å²) < 4.78 is 73.3. The number of hydrogen-bond acceptors (Lipinski definition) is 21. The second-order valence-corrected chi connectivity index (χ2v) is 25.9. The molecule has 7 aromatic carbocycles. The van der Waals surface area contributed by atoms with E-state index in [-0.39, 0.29) is 40.1 Å². The number of phenols is 4. The third-order valence-electron chi connectivity index (χ3n) is 16.5. The summed E-state index contributed by atoms with van der Waals surface area (Å²) in [5.41, 5.74) is 40.7. The van der Waals surface area contributed by atoms with Gasteiger partial charge in [-0.15, -0.1) is 0 Å². The average molecular weight is 1700 g/mol. The Morgan fingerprint density at radius 2 is 0.727 bits per heavy atom. The molecule has 0 saturated carbocycles. The van der Waals surface area contributed by atoms with Gasteiger partial charge < -0.3 is 83.4 Å². The first-order chi connectivity index (χ1) is 52.5. The quantitative estimate of drug-likeness (QED) is 0.0335. The highest BCUT2D eigenvalue weighted by molar-refractivity contribution is 9.11. The molecule has 110 heavy (non-hydrogen) atoms. The standard InChI is InChI=1S/C20H19FN2O2.C19H17FN2O2.C14H14BrFN2O.C7H8BFO3.C7H8Br2N2.C7H10N2.C6H7BO3/c1-3-15-17(16-9-8-14(25-2)10-18(16)21)11-23-20(22)19(15)12-4-6-13(24)7-5-12;1-2-14-16(15-8-7-13(24)9-17(15)20)10-22-19(21)18(14)11-3-5-12(23)6-4-11;1-3-9-11(7-18-14(17)13(9)15)10-5-4-8(19-2)6-12(10)16;1-12-5-2-3-6(8(10)11)7(9)4-5;1-2-4-5(8)3-11-7(10)6(4)9;1-2-6-3-4-9-7(8)5-6;8-6-3-1-5(2-4-6)7(9)10/h4-11,24H,3H2,1-2H3,(H2,22,23);3-10,23-24H,2H2,1H3,(H2,21,22);4-7H,3H2,1-2H3,(H2,17,18);2-4,10-11H,1H3;3H,2H2,1H3,(H2,10,11);3-5H,2H2,1H3,(H2,8,9);1-4,8-10H. The SMILES string of the molecule is CCc1c(-c2ccc(O)cc2F)cnc(N)c1-c1ccc(O)cc1.CCc1c(-c2ccc(OC)cc2F)cnc(N)c1-c1ccc(O)cc1.CCc1c(-c2ccc(OC)cc2F)cnc(N)c1Br.CCc1c(Br)cnc(N)c1Br.CCc1ccnc(N)c1.COc1ccc(B(O)O)c(F)c1.OB(O)c1ccc(O)cc1. The number of nitrogen functional groups attached to an aromatic ring is 5. The van der Waals surface area contributed by atoms with Crippen LogP contribution in [-0.4, -0.2) is 101 Å². The van der Waals surface area contributed by atoms with Crippen LogP contribution in [0.4, 0.5) is 46.7 Å². The van der Waals surface area contributed by atoms with E-state index in [1.54, 1.807) is 104 Å². The number of rotatable bonds is 15. The van der Waals surface area contributed by atoms with E-state index in [2.05, 4.69) is 86.6 Å². The van der Waals surface area contributed by atoms with Crippen LogP contribution in [0.3, 0.4) is 0 Å². The van der Waals surface area contributed by atoms with Crippen molar-refractivity contribution in [2.24, 2.45) is 0 Å². The van der Waals surface area contributed by atoms with Crippen molar-refractivity contribution >= 4 is 102 Å². The van der Waals surface area contributed by atoms with Crippen molar-refractivity contribution in [3.63, 3.8) is 0 Å². The van der Waals surface area contributed by atoms with Gasteiger partial charge in [0.25, 0.3) is 0 Å². The Balaban J connectivity index is 0.000000207. The molecule has 30 heteroatoms. The van der Waals surface area contributed by atoms with Crippen molar-refractivity contribution in [2.45, 2.75) is 66.7 Å². The number of aromatic hydroxyl groups is 4. The molecule has 0 aliphatic carbocycles. The molecule has 0 atom stereocenters. The molecule has 12 rings (SSSR count). The molecule has 0 saturated heterocycles. The zero-order valence-electron chi connectivity index (χ0n) is 61.2. The van der Waals surface area contributed by atoms with Gasteiger partial charge >= 0.3 is 14.2 Å². The summed E-state index contributed by atoms with van der Waals surface area (Å²) in [6.07, 6.45) is 12.2. The molecule has 0 unspecified atom stereocenters. The Morgan fingerprint density at radius 1 is 0.364 bits per heavy atom. The van der Waals surface area contributed by atoms with Crippen molar-refractivity contribution in [3.8, 4) is 95.9 Å². The maximum atomic E-state index is 14.6. The number of pyridine rings is 5. The Labute approximate surface area is 660 Å².